The topological polar surface area (TPSA) is 50.3 Å². The van der Waals surface area contributed by atoms with Crippen LogP contribution in [-0.2, 0) is 0 Å². The molecule has 2 aromatic rings. The van der Waals surface area contributed by atoms with Gasteiger partial charge >= 0.3 is 6.01 Å². The van der Waals surface area contributed by atoms with Gasteiger partial charge in [0.15, 0.2) is 0 Å². The van der Waals surface area contributed by atoms with Gasteiger partial charge in [0.2, 0.25) is 0 Å². The van der Waals surface area contributed by atoms with E-state index in [1.165, 1.54) is 12.1 Å². The summed E-state index contributed by atoms with van der Waals surface area (Å²) in [6.45, 7) is 5.57. The molecule has 5 nitrogen and oxygen atoms in total. The van der Waals surface area contributed by atoms with Gasteiger partial charge in [0, 0.05) is 32.4 Å². The Labute approximate surface area is 129 Å². The summed E-state index contributed by atoms with van der Waals surface area (Å²) in [5.74, 6) is 0.585. The normalized spacial score (nSPS) is 16.4. The maximum Gasteiger partial charge on any atom is 0.318 e. The van der Waals surface area contributed by atoms with Gasteiger partial charge in [0.1, 0.15) is 17.7 Å². The third-order valence-electron chi connectivity index (χ3n) is 3.66. The lowest BCUT2D eigenvalue weighted by molar-refractivity contribution is 0.207. The Morgan fingerprint density at radius 3 is 2.86 bits per heavy atom. The Morgan fingerprint density at radius 1 is 1.27 bits per heavy atom. The summed E-state index contributed by atoms with van der Waals surface area (Å²) in [6.07, 6.45) is 1.38. The van der Waals surface area contributed by atoms with Crippen molar-refractivity contribution < 1.29 is 9.13 Å². The molecule has 1 fully saturated rings. The molecule has 2 heterocycles. The number of ether oxygens (including phenoxy) is 1. The van der Waals surface area contributed by atoms with Gasteiger partial charge < -0.3 is 15.0 Å². The summed E-state index contributed by atoms with van der Waals surface area (Å²) in [5, 5.41) is 3.31. The van der Waals surface area contributed by atoms with Crippen molar-refractivity contribution in [2.24, 2.45) is 0 Å². The summed E-state index contributed by atoms with van der Waals surface area (Å²) in [6, 6.07) is 8.57. The number of hydrogen-bond acceptors (Lipinski definition) is 5. The highest BCUT2D eigenvalue weighted by Crippen LogP contribution is 2.21. The lowest BCUT2D eigenvalue weighted by Gasteiger charge is -2.28. The average molecular weight is 302 g/mol. The molecule has 0 aliphatic carbocycles. The third-order valence-corrected chi connectivity index (χ3v) is 3.66. The fourth-order valence-corrected chi connectivity index (χ4v) is 2.44. The first kappa shape index (κ1) is 14.7. The first-order valence-corrected chi connectivity index (χ1v) is 7.43. The molecule has 22 heavy (non-hydrogen) atoms. The van der Waals surface area contributed by atoms with Gasteiger partial charge in [-0.3, -0.25) is 0 Å². The Morgan fingerprint density at radius 2 is 2.09 bits per heavy atom. The monoisotopic (exact) mass is 302 g/mol. The molecule has 1 N–H and O–H groups in total. The SMILES string of the molecule is CC(Oc1nccc(N2CCNCC2)n1)c1cccc(F)c1. The van der Waals surface area contributed by atoms with Crippen LogP contribution in [0.15, 0.2) is 36.5 Å². The van der Waals surface area contributed by atoms with Gasteiger partial charge in [-0.05, 0) is 30.7 Å². The number of piperazine rings is 1. The molecule has 0 amide bonds. The van der Waals surface area contributed by atoms with Crippen LogP contribution in [0, 0.1) is 5.82 Å². The molecule has 1 aromatic carbocycles. The second-order valence-corrected chi connectivity index (χ2v) is 5.25. The molecule has 1 aromatic heterocycles. The number of aromatic nitrogens is 2. The van der Waals surface area contributed by atoms with E-state index in [9.17, 15) is 4.39 Å². The van der Waals surface area contributed by atoms with Crippen LogP contribution in [0.25, 0.3) is 0 Å². The number of nitrogens with zero attached hydrogens (tertiary/aromatic N) is 3. The second-order valence-electron chi connectivity index (χ2n) is 5.25. The average Bonchev–Trinajstić information content (AvgIpc) is 2.56. The zero-order chi connectivity index (χ0) is 15.4. The van der Waals surface area contributed by atoms with Gasteiger partial charge in [-0.2, -0.15) is 4.98 Å². The summed E-state index contributed by atoms with van der Waals surface area (Å²) in [5.41, 5.74) is 0.760. The fourth-order valence-electron chi connectivity index (χ4n) is 2.44. The van der Waals surface area contributed by atoms with Crippen molar-refractivity contribution in [2.75, 3.05) is 31.1 Å². The summed E-state index contributed by atoms with van der Waals surface area (Å²) in [4.78, 5) is 10.8. The first-order valence-electron chi connectivity index (χ1n) is 7.43. The van der Waals surface area contributed by atoms with Gasteiger partial charge in [-0.25, -0.2) is 9.37 Å². The van der Waals surface area contributed by atoms with Crippen molar-refractivity contribution in [1.29, 1.82) is 0 Å². The summed E-state index contributed by atoms with van der Waals surface area (Å²) < 4.78 is 19.0. The third kappa shape index (κ3) is 3.51. The molecular formula is C16H19FN4O. The lowest BCUT2D eigenvalue weighted by atomic mass is 10.1. The van der Waals surface area contributed by atoms with Crippen LogP contribution in [-0.4, -0.2) is 36.1 Å². The highest BCUT2D eigenvalue weighted by Gasteiger charge is 2.14. The van der Waals surface area contributed by atoms with E-state index in [4.69, 9.17) is 4.74 Å². The number of hydrogen-bond donors (Lipinski definition) is 1. The van der Waals surface area contributed by atoms with Crippen LogP contribution in [0.5, 0.6) is 6.01 Å². The molecule has 1 saturated heterocycles. The molecule has 0 spiro atoms. The molecule has 0 bridgehead atoms. The highest BCUT2D eigenvalue weighted by atomic mass is 19.1. The second kappa shape index (κ2) is 6.70. The van der Waals surface area contributed by atoms with E-state index >= 15 is 0 Å². The minimum Gasteiger partial charge on any atom is -0.456 e. The van der Waals surface area contributed by atoms with Crippen molar-refractivity contribution in [2.45, 2.75) is 13.0 Å². The van der Waals surface area contributed by atoms with Crippen LogP contribution in [0.3, 0.4) is 0 Å². The molecule has 3 rings (SSSR count). The van der Waals surface area contributed by atoms with E-state index in [0.29, 0.717) is 6.01 Å². The Hall–Kier alpha value is -2.21. The minimum absolute atomic E-state index is 0.275. The Bertz CT molecular complexity index is 631. The maximum atomic E-state index is 13.3. The number of halogens is 1. The molecule has 0 radical (unpaired) electrons. The molecule has 0 saturated carbocycles. The van der Waals surface area contributed by atoms with Crippen molar-refractivity contribution in [1.82, 2.24) is 15.3 Å². The molecule has 6 heteroatoms. The largest absolute Gasteiger partial charge is 0.456 e. The molecule has 1 atom stereocenters. The van der Waals surface area contributed by atoms with Crippen LogP contribution in [0.4, 0.5) is 10.2 Å². The summed E-state index contributed by atoms with van der Waals surface area (Å²) in [7, 11) is 0. The van der Waals surface area contributed by atoms with E-state index in [1.54, 1.807) is 12.3 Å². The summed E-state index contributed by atoms with van der Waals surface area (Å²) >= 11 is 0. The molecular weight excluding hydrogens is 283 g/mol. The number of benzene rings is 1. The standard InChI is InChI=1S/C16H19FN4O/c1-12(13-3-2-4-14(17)11-13)22-16-19-6-5-15(20-16)21-9-7-18-8-10-21/h2-6,11-12,18H,7-10H2,1H3. The smallest absolute Gasteiger partial charge is 0.318 e. The number of rotatable bonds is 4. The molecule has 1 unspecified atom stereocenters. The highest BCUT2D eigenvalue weighted by molar-refractivity contribution is 5.39. The fraction of sp³-hybridized carbons (Fsp3) is 0.375. The van der Waals surface area contributed by atoms with E-state index in [1.807, 2.05) is 19.1 Å². The molecule has 116 valence electrons. The van der Waals surface area contributed by atoms with Gasteiger partial charge in [-0.15, -0.1) is 0 Å². The lowest BCUT2D eigenvalue weighted by Crippen LogP contribution is -2.43. The van der Waals surface area contributed by atoms with Crippen molar-refractivity contribution in [3.63, 3.8) is 0 Å². The zero-order valence-corrected chi connectivity index (χ0v) is 12.5. The van der Waals surface area contributed by atoms with E-state index in [0.717, 1.165) is 37.6 Å². The van der Waals surface area contributed by atoms with E-state index < -0.39 is 0 Å². The van der Waals surface area contributed by atoms with Crippen molar-refractivity contribution in [3.05, 3.63) is 47.9 Å². The number of nitrogens with one attached hydrogen (secondary N) is 1. The maximum absolute atomic E-state index is 13.3. The minimum atomic E-state index is -0.311. The van der Waals surface area contributed by atoms with Crippen LogP contribution in [0.2, 0.25) is 0 Å². The van der Waals surface area contributed by atoms with Crippen LogP contribution in [0.1, 0.15) is 18.6 Å². The Balaban J connectivity index is 1.72. The predicted octanol–water partition coefficient (Wildman–Crippen LogP) is 2.17. The van der Waals surface area contributed by atoms with Crippen molar-refractivity contribution >= 4 is 5.82 Å². The van der Waals surface area contributed by atoms with Crippen molar-refractivity contribution in [3.8, 4) is 6.01 Å². The quantitative estimate of drug-likeness (QED) is 0.938. The van der Waals surface area contributed by atoms with Crippen LogP contribution < -0.4 is 15.0 Å². The Kier molecular flexibility index (Phi) is 4.48. The first-order chi connectivity index (χ1) is 10.7. The van der Waals surface area contributed by atoms with E-state index in [-0.39, 0.29) is 11.9 Å². The van der Waals surface area contributed by atoms with Gasteiger partial charge in [-0.1, -0.05) is 12.1 Å². The predicted molar refractivity (Wildman–Crippen MR) is 82.6 cm³/mol. The molecule has 1 aliphatic rings. The van der Waals surface area contributed by atoms with Crippen LogP contribution >= 0.6 is 0 Å². The van der Waals surface area contributed by atoms with Gasteiger partial charge in [0.25, 0.3) is 0 Å². The van der Waals surface area contributed by atoms with Gasteiger partial charge in [0.05, 0.1) is 0 Å². The van der Waals surface area contributed by atoms with E-state index in [2.05, 4.69) is 20.2 Å². The zero-order valence-electron chi connectivity index (χ0n) is 12.5. The number of anilines is 1. The molecule has 1 aliphatic heterocycles.